The molecule has 0 saturated heterocycles. The lowest BCUT2D eigenvalue weighted by atomic mass is 10.1. The third-order valence-electron chi connectivity index (χ3n) is 1.74. The highest BCUT2D eigenvalue weighted by Gasteiger charge is 2.08. The van der Waals surface area contributed by atoms with Gasteiger partial charge in [-0.3, -0.25) is 0 Å². The second-order valence-electron chi connectivity index (χ2n) is 2.70. The first-order valence-electron chi connectivity index (χ1n) is 4.24. The first-order chi connectivity index (χ1) is 6.69. The molecule has 0 fully saturated rings. The molecule has 1 aromatic carbocycles. The highest BCUT2D eigenvalue weighted by atomic mass is 79.9. The number of esters is 1. The maximum absolute atomic E-state index is 11.3. The van der Waals surface area contributed by atoms with Crippen LogP contribution in [0.1, 0.15) is 22.8 Å². The van der Waals surface area contributed by atoms with Crippen molar-refractivity contribution >= 4 is 21.9 Å². The average molecular weight is 259 g/mol. The smallest absolute Gasteiger partial charge is 0.338 e. The van der Waals surface area contributed by atoms with Gasteiger partial charge < -0.3 is 9.84 Å². The molecule has 0 spiro atoms. The second kappa shape index (κ2) is 5.00. The maximum atomic E-state index is 11.3. The molecule has 0 unspecified atom stereocenters. The first kappa shape index (κ1) is 11.0. The summed E-state index contributed by atoms with van der Waals surface area (Å²) >= 11 is 3.22. The van der Waals surface area contributed by atoms with E-state index in [4.69, 9.17) is 4.74 Å². The molecule has 0 saturated carbocycles. The SMILES string of the molecule is CCOC(=O)c1ccc(CBr)c(O)c1. The van der Waals surface area contributed by atoms with Gasteiger partial charge in [-0.15, -0.1) is 0 Å². The van der Waals surface area contributed by atoms with Gasteiger partial charge in [-0.25, -0.2) is 4.79 Å². The van der Waals surface area contributed by atoms with Gasteiger partial charge in [-0.05, 0) is 19.1 Å². The number of alkyl halides is 1. The molecular formula is C10H11BrO3. The van der Waals surface area contributed by atoms with Crippen molar-refractivity contribution in [2.24, 2.45) is 0 Å². The number of phenols is 1. The van der Waals surface area contributed by atoms with Crippen LogP contribution in [0.3, 0.4) is 0 Å². The van der Waals surface area contributed by atoms with Crippen LogP contribution in [0.2, 0.25) is 0 Å². The summed E-state index contributed by atoms with van der Waals surface area (Å²) in [5, 5.41) is 10.0. The summed E-state index contributed by atoms with van der Waals surface area (Å²) in [5.74, 6) is -0.309. The van der Waals surface area contributed by atoms with E-state index in [0.717, 1.165) is 5.56 Å². The molecule has 0 aromatic heterocycles. The Labute approximate surface area is 90.8 Å². The fourth-order valence-electron chi connectivity index (χ4n) is 1.02. The Morgan fingerprint density at radius 3 is 2.79 bits per heavy atom. The number of rotatable bonds is 3. The lowest BCUT2D eigenvalue weighted by molar-refractivity contribution is 0.0526. The predicted octanol–water partition coefficient (Wildman–Crippen LogP) is 2.46. The van der Waals surface area contributed by atoms with Gasteiger partial charge in [0.25, 0.3) is 0 Å². The molecule has 0 aliphatic carbocycles. The van der Waals surface area contributed by atoms with Gasteiger partial charge in [0.2, 0.25) is 0 Å². The minimum Gasteiger partial charge on any atom is -0.508 e. The Morgan fingerprint density at radius 1 is 1.57 bits per heavy atom. The summed E-state index contributed by atoms with van der Waals surface area (Å²) in [5.41, 5.74) is 1.12. The Bertz CT molecular complexity index is 336. The predicted molar refractivity (Wildman–Crippen MR) is 56.7 cm³/mol. The van der Waals surface area contributed by atoms with Crippen molar-refractivity contribution in [1.29, 1.82) is 0 Å². The van der Waals surface area contributed by atoms with E-state index in [-0.39, 0.29) is 5.75 Å². The summed E-state index contributed by atoms with van der Waals surface area (Å²) in [6.07, 6.45) is 0. The minimum absolute atomic E-state index is 0.104. The summed E-state index contributed by atoms with van der Waals surface area (Å²) in [4.78, 5) is 11.3. The Balaban J connectivity index is 2.91. The number of hydrogen-bond acceptors (Lipinski definition) is 3. The zero-order chi connectivity index (χ0) is 10.6. The average Bonchev–Trinajstić information content (AvgIpc) is 2.18. The molecule has 0 radical (unpaired) electrons. The molecule has 3 nitrogen and oxygen atoms in total. The number of ether oxygens (including phenoxy) is 1. The van der Waals surface area contributed by atoms with Crippen LogP contribution in [0.15, 0.2) is 18.2 Å². The van der Waals surface area contributed by atoms with E-state index in [1.165, 1.54) is 6.07 Å². The van der Waals surface area contributed by atoms with E-state index in [1.54, 1.807) is 19.1 Å². The molecule has 1 N–H and O–H groups in total. The molecule has 0 aliphatic heterocycles. The van der Waals surface area contributed by atoms with E-state index in [0.29, 0.717) is 17.5 Å². The number of hydrogen-bond donors (Lipinski definition) is 1. The normalized spacial score (nSPS) is 9.86. The molecule has 0 amide bonds. The van der Waals surface area contributed by atoms with Crippen molar-refractivity contribution in [3.63, 3.8) is 0 Å². The van der Waals surface area contributed by atoms with Crippen LogP contribution in [0.4, 0.5) is 0 Å². The van der Waals surface area contributed by atoms with E-state index in [2.05, 4.69) is 15.9 Å². The molecule has 1 aromatic rings. The summed E-state index contributed by atoms with van der Waals surface area (Å²) < 4.78 is 4.79. The van der Waals surface area contributed by atoms with Crippen molar-refractivity contribution in [3.05, 3.63) is 29.3 Å². The first-order valence-corrected chi connectivity index (χ1v) is 5.36. The fourth-order valence-corrected chi connectivity index (χ4v) is 1.49. The van der Waals surface area contributed by atoms with Gasteiger partial charge in [0, 0.05) is 10.9 Å². The van der Waals surface area contributed by atoms with Crippen LogP contribution >= 0.6 is 15.9 Å². The third-order valence-corrected chi connectivity index (χ3v) is 2.34. The lowest BCUT2D eigenvalue weighted by Gasteiger charge is -2.04. The van der Waals surface area contributed by atoms with Gasteiger partial charge in [-0.1, -0.05) is 22.0 Å². The maximum Gasteiger partial charge on any atom is 0.338 e. The molecule has 1 rings (SSSR count). The zero-order valence-electron chi connectivity index (χ0n) is 7.79. The summed E-state index contributed by atoms with van der Waals surface area (Å²) in [7, 11) is 0. The third kappa shape index (κ3) is 2.48. The van der Waals surface area contributed by atoms with E-state index in [9.17, 15) is 9.90 Å². The van der Waals surface area contributed by atoms with Gasteiger partial charge in [0.1, 0.15) is 5.75 Å². The largest absolute Gasteiger partial charge is 0.508 e. The molecule has 76 valence electrons. The topological polar surface area (TPSA) is 46.5 Å². The lowest BCUT2D eigenvalue weighted by Crippen LogP contribution is -2.04. The monoisotopic (exact) mass is 258 g/mol. The van der Waals surface area contributed by atoms with Gasteiger partial charge in [0.15, 0.2) is 0 Å². The molecule has 0 bridgehead atoms. The van der Waals surface area contributed by atoms with Crippen LogP contribution in [0.25, 0.3) is 0 Å². The van der Waals surface area contributed by atoms with E-state index < -0.39 is 5.97 Å². The van der Waals surface area contributed by atoms with E-state index in [1.807, 2.05) is 0 Å². The highest BCUT2D eigenvalue weighted by molar-refractivity contribution is 9.08. The molecule has 4 heteroatoms. The van der Waals surface area contributed by atoms with Crippen molar-refractivity contribution < 1.29 is 14.6 Å². The number of carbonyl (C=O) groups is 1. The molecule has 0 heterocycles. The molecular weight excluding hydrogens is 248 g/mol. The number of halogens is 1. The molecule has 0 atom stereocenters. The van der Waals surface area contributed by atoms with Crippen molar-refractivity contribution in [2.75, 3.05) is 6.61 Å². The van der Waals surface area contributed by atoms with Crippen LogP contribution in [-0.4, -0.2) is 17.7 Å². The number of phenolic OH excluding ortho intramolecular Hbond substituents is 1. The van der Waals surface area contributed by atoms with Gasteiger partial charge >= 0.3 is 5.97 Å². The van der Waals surface area contributed by atoms with Crippen LogP contribution < -0.4 is 0 Å². The Hall–Kier alpha value is -1.03. The zero-order valence-corrected chi connectivity index (χ0v) is 9.37. The van der Waals surface area contributed by atoms with Crippen LogP contribution in [0.5, 0.6) is 5.75 Å². The number of aromatic hydroxyl groups is 1. The summed E-state index contributed by atoms with van der Waals surface area (Å²) in [6, 6.07) is 4.74. The van der Waals surface area contributed by atoms with Crippen LogP contribution in [-0.2, 0) is 10.1 Å². The minimum atomic E-state index is -0.413. The van der Waals surface area contributed by atoms with Gasteiger partial charge in [-0.2, -0.15) is 0 Å². The standard InChI is InChI=1S/C10H11BrO3/c1-2-14-10(13)7-3-4-8(6-11)9(12)5-7/h3-5,12H,2,6H2,1H3. The summed E-state index contributed by atoms with van der Waals surface area (Å²) in [6.45, 7) is 2.07. The molecule has 0 aliphatic rings. The Kier molecular flexibility index (Phi) is 3.95. The quantitative estimate of drug-likeness (QED) is 0.670. The van der Waals surface area contributed by atoms with Crippen LogP contribution in [0, 0.1) is 0 Å². The van der Waals surface area contributed by atoms with E-state index >= 15 is 0 Å². The van der Waals surface area contributed by atoms with Gasteiger partial charge in [0.05, 0.1) is 12.2 Å². The number of benzene rings is 1. The fraction of sp³-hybridized carbons (Fsp3) is 0.300. The highest BCUT2D eigenvalue weighted by Crippen LogP contribution is 2.21. The van der Waals surface area contributed by atoms with Crippen molar-refractivity contribution in [2.45, 2.75) is 12.3 Å². The van der Waals surface area contributed by atoms with Crippen molar-refractivity contribution in [3.8, 4) is 5.75 Å². The number of carbonyl (C=O) groups excluding carboxylic acids is 1. The second-order valence-corrected chi connectivity index (χ2v) is 3.26. The van der Waals surface area contributed by atoms with Crippen molar-refractivity contribution in [1.82, 2.24) is 0 Å². The molecule has 14 heavy (non-hydrogen) atoms. The Morgan fingerprint density at radius 2 is 2.29 bits per heavy atom.